The fourth-order valence-corrected chi connectivity index (χ4v) is 5.08. The molecule has 2 unspecified atom stereocenters. The van der Waals surface area contributed by atoms with Crippen LogP contribution >= 0.6 is 11.6 Å². The summed E-state index contributed by atoms with van der Waals surface area (Å²) in [6.45, 7) is 3.65. The van der Waals surface area contributed by atoms with E-state index >= 15 is 0 Å². The Morgan fingerprint density at radius 3 is 2.85 bits per heavy atom. The Bertz CT molecular complexity index is 967. The standard InChI is InChI=1S/C26H33ClN2O4/c1-3-19-8-4-9-20(16-19)24-22(11-5-12-23(24)27)26(32,13-7-14-28-25(31)33-2)21-10-6-15-29(17-21)18-30/h4-5,8-9,11-12,16,18,21,32H,3,6-7,10,13-15,17H2,1-2H3,(H,28,31). The number of alkyl carbamates (subject to hydrolysis) is 1. The first-order chi connectivity index (χ1) is 15.9. The number of halogens is 1. The number of carbonyl (C=O) groups excluding carboxylic acids is 2. The average Bonchev–Trinajstić information content (AvgIpc) is 2.86. The average molecular weight is 473 g/mol. The Hall–Kier alpha value is -2.57. The van der Waals surface area contributed by atoms with E-state index < -0.39 is 11.7 Å². The summed E-state index contributed by atoms with van der Waals surface area (Å²) in [7, 11) is 1.32. The lowest BCUT2D eigenvalue weighted by Crippen LogP contribution is -2.46. The van der Waals surface area contributed by atoms with Crippen LogP contribution in [0.3, 0.4) is 0 Å². The molecule has 3 rings (SSSR count). The van der Waals surface area contributed by atoms with Crippen LogP contribution in [0.25, 0.3) is 11.1 Å². The fraction of sp³-hybridized carbons (Fsp3) is 0.462. The minimum Gasteiger partial charge on any atom is -0.453 e. The first kappa shape index (κ1) is 25.1. The summed E-state index contributed by atoms with van der Waals surface area (Å²) in [4.78, 5) is 24.7. The van der Waals surface area contributed by atoms with Crippen molar-refractivity contribution in [2.24, 2.45) is 5.92 Å². The second kappa shape index (κ2) is 11.5. The largest absolute Gasteiger partial charge is 0.453 e. The second-order valence-electron chi connectivity index (χ2n) is 8.60. The summed E-state index contributed by atoms with van der Waals surface area (Å²) in [5, 5.41) is 15.6. The minimum atomic E-state index is -1.22. The molecule has 1 heterocycles. The van der Waals surface area contributed by atoms with Gasteiger partial charge in [-0.3, -0.25) is 4.79 Å². The van der Waals surface area contributed by atoms with E-state index in [2.05, 4.69) is 29.1 Å². The SMILES string of the molecule is CCc1cccc(-c2c(Cl)cccc2C(O)(CCCNC(=O)OC)C2CCCN(C=O)C2)c1. The molecule has 0 aliphatic carbocycles. The number of hydrogen-bond acceptors (Lipinski definition) is 4. The first-order valence-corrected chi connectivity index (χ1v) is 11.9. The van der Waals surface area contributed by atoms with Gasteiger partial charge in [0, 0.05) is 36.1 Å². The molecule has 2 atom stereocenters. The van der Waals surface area contributed by atoms with Gasteiger partial charge in [-0.25, -0.2) is 4.79 Å². The van der Waals surface area contributed by atoms with Gasteiger partial charge < -0.3 is 20.1 Å². The summed E-state index contributed by atoms with van der Waals surface area (Å²) < 4.78 is 4.65. The maximum atomic E-state index is 12.3. The lowest BCUT2D eigenvalue weighted by molar-refractivity contribution is -0.123. The zero-order valence-electron chi connectivity index (χ0n) is 19.4. The quantitative estimate of drug-likeness (QED) is 0.407. The molecule has 1 saturated heterocycles. The normalized spacial score (nSPS) is 17.8. The van der Waals surface area contributed by atoms with Gasteiger partial charge in [0.25, 0.3) is 0 Å². The van der Waals surface area contributed by atoms with Crippen LogP contribution in [0.15, 0.2) is 42.5 Å². The molecule has 178 valence electrons. The Morgan fingerprint density at radius 1 is 1.33 bits per heavy atom. The third-order valence-corrected chi connectivity index (χ3v) is 6.89. The van der Waals surface area contributed by atoms with Crippen molar-refractivity contribution in [3.63, 3.8) is 0 Å². The molecule has 0 spiro atoms. The highest BCUT2D eigenvalue weighted by Crippen LogP contribution is 2.45. The molecule has 2 aromatic rings. The molecule has 2 amide bonds. The van der Waals surface area contributed by atoms with Crippen molar-refractivity contribution in [1.29, 1.82) is 0 Å². The number of likely N-dealkylation sites (tertiary alicyclic amines) is 1. The predicted octanol–water partition coefficient (Wildman–Crippen LogP) is 4.76. The van der Waals surface area contributed by atoms with Gasteiger partial charge in [0.05, 0.1) is 12.7 Å². The lowest BCUT2D eigenvalue weighted by Gasteiger charge is -2.43. The van der Waals surface area contributed by atoms with Gasteiger partial charge in [0.1, 0.15) is 0 Å². The molecule has 1 aliphatic heterocycles. The molecule has 1 aliphatic rings. The maximum Gasteiger partial charge on any atom is 0.406 e. The van der Waals surface area contributed by atoms with Crippen LogP contribution in [0.4, 0.5) is 4.79 Å². The molecule has 7 heteroatoms. The smallest absolute Gasteiger partial charge is 0.406 e. The summed E-state index contributed by atoms with van der Waals surface area (Å²) in [6.07, 6.45) is 3.84. The number of amides is 2. The fourth-order valence-electron chi connectivity index (χ4n) is 4.80. The van der Waals surface area contributed by atoms with Gasteiger partial charge >= 0.3 is 6.09 Å². The topological polar surface area (TPSA) is 78.9 Å². The first-order valence-electron chi connectivity index (χ1n) is 11.5. The number of piperidine rings is 1. The van der Waals surface area contributed by atoms with E-state index in [1.54, 1.807) is 4.90 Å². The molecule has 0 bridgehead atoms. The number of aryl methyl sites for hydroxylation is 1. The highest BCUT2D eigenvalue weighted by Gasteiger charge is 2.42. The number of carbonyl (C=O) groups is 2. The zero-order valence-corrected chi connectivity index (χ0v) is 20.1. The Balaban J connectivity index is 2.03. The van der Waals surface area contributed by atoms with E-state index in [0.29, 0.717) is 37.5 Å². The zero-order chi connectivity index (χ0) is 23.8. The minimum absolute atomic E-state index is 0.152. The number of nitrogens with zero attached hydrogens (tertiary/aromatic N) is 1. The Kier molecular flexibility index (Phi) is 8.75. The van der Waals surface area contributed by atoms with E-state index in [-0.39, 0.29) is 5.92 Å². The van der Waals surface area contributed by atoms with E-state index in [9.17, 15) is 14.7 Å². The molecule has 2 aromatic carbocycles. The molecule has 0 saturated carbocycles. The van der Waals surface area contributed by atoms with Gasteiger partial charge in [-0.2, -0.15) is 0 Å². The van der Waals surface area contributed by atoms with Gasteiger partial charge in [-0.05, 0) is 54.9 Å². The van der Waals surface area contributed by atoms with Crippen molar-refractivity contribution in [1.82, 2.24) is 10.2 Å². The van der Waals surface area contributed by atoms with Gasteiger partial charge in [0.15, 0.2) is 0 Å². The summed E-state index contributed by atoms with van der Waals surface area (Å²) >= 11 is 6.73. The van der Waals surface area contributed by atoms with Crippen molar-refractivity contribution in [3.05, 3.63) is 58.6 Å². The number of rotatable bonds is 9. The van der Waals surface area contributed by atoms with Crippen molar-refractivity contribution in [2.75, 3.05) is 26.7 Å². The van der Waals surface area contributed by atoms with E-state index in [1.807, 2.05) is 30.3 Å². The molecule has 1 fully saturated rings. The van der Waals surface area contributed by atoms with Crippen LogP contribution in [0.2, 0.25) is 5.02 Å². The van der Waals surface area contributed by atoms with Gasteiger partial charge in [-0.1, -0.05) is 54.9 Å². The molecule has 0 radical (unpaired) electrons. The highest BCUT2D eigenvalue weighted by atomic mass is 35.5. The third kappa shape index (κ3) is 5.87. The number of methoxy groups -OCH3 is 1. The van der Waals surface area contributed by atoms with E-state index in [0.717, 1.165) is 42.4 Å². The van der Waals surface area contributed by atoms with Crippen LogP contribution in [-0.2, 0) is 21.6 Å². The Labute approximate surface area is 200 Å². The van der Waals surface area contributed by atoms with Crippen molar-refractivity contribution >= 4 is 24.1 Å². The lowest BCUT2D eigenvalue weighted by atomic mass is 9.72. The summed E-state index contributed by atoms with van der Waals surface area (Å²) in [5.74, 6) is -0.152. The van der Waals surface area contributed by atoms with Crippen LogP contribution in [0.5, 0.6) is 0 Å². The van der Waals surface area contributed by atoms with Gasteiger partial charge in [-0.15, -0.1) is 0 Å². The van der Waals surface area contributed by atoms with Crippen LogP contribution in [-0.4, -0.2) is 49.3 Å². The number of nitrogens with one attached hydrogen (secondary N) is 1. The summed E-state index contributed by atoms with van der Waals surface area (Å²) in [6, 6.07) is 13.9. The number of hydrogen-bond donors (Lipinski definition) is 2. The van der Waals surface area contributed by atoms with Crippen molar-refractivity contribution in [2.45, 2.75) is 44.6 Å². The summed E-state index contributed by atoms with van der Waals surface area (Å²) in [5.41, 5.74) is 2.51. The van der Waals surface area contributed by atoms with Crippen LogP contribution in [0.1, 0.15) is 43.7 Å². The molecule has 2 N–H and O–H groups in total. The van der Waals surface area contributed by atoms with E-state index in [4.69, 9.17) is 11.6 Å². The monoisotopic (exact) mass is 472 g/mol. The number of ether oxygens (including phenoxy) is 1. The predicted molar refractivity (Wildman–Crippen MR) is 130 cm³/mol. The molecule has 33 heavy (non-hydrogen) atoms. The molecular weight excluding hydrogens is 440 g/mol. The van der Waals surface area contributed by atoms with Gasteiger partial charge in [0.2, 0.25) is 6.41 Å². The maximum absolute atomic E-state index is 12.3. The molecule has 6 nitrogen and oxygen atoms in total. The van der Waals surface area contributed by atoms with Crippen LogP contribution in [0, 0.1) is 5.92 Å². The van der Waals surface area contributed by atoms with Crippen molar-refractivity contribution in [3.8, 4) is 11.1 Å². The number of aliphatic hydroxyl groups is 1. The Morgan fingerprint density at radius 2 is 2.12 bits per heavy atom. The third-order valence-electron chi connectivity index (χ3n) is 6.57. The molecular formula is C26H33ClN2O4. The highest BCUT2D eigenvalue weighted by molar-refractivity contribution is 6.33. The number of benzene rings is 2. The molecule has 0 aromatic heterocycles. The van der Waals surface area contributed by atoms with Crippen LogP contribution < -0.4 is 5.32 Å². The second-order valence-corrected chi connectivity index (χ2v) is 9.01. The van der Waals surface area contributed by atoms with Crippen molar-refractivity contribution < 1.29 is 19.4 Å². The van der Waals surface area contributed by atoms with E-state index in [1.165, 1.54) is 12.7 Å².